The molecule has 24 heavy (non-hydrogen) atoms. The molecule has 3 unspecified atom stereocenters. The lowest BCUT2D eigenvalue weighted by molar-refractivity contribution is -0.131. The molecule has 0 saturated carbocycles. The predicted octanol–water partition coefficient (Wildman–Crippen LogP) is 2.40. The highest BCUT2D eigenvalue weighted by Crippen LogP contribution is 2.39. The average Bonchev–Trinajstić information content (AvgIpc) is 3.00. The molecule has 2 rings (SSSR count). The normalized spacial score (nSPS) is 28.3. The van der Waals surface area contributed by atoms with E-state index < -0.39 is 10.0 Å². The van der Waals surface area contributed by atoms with Crippen LogP contribution in [0.3, 0.4) is 0 Å². The Morgan fingerprint density at radius 1 is 1.33 bits per heavy atom. The van der Waals surface area contributed by atoms with Crippen molar-refractivity contribution in [1.82, 2.24) is 9.62 Å². The Labute approximate surface area is 146 Å². The molecule has 1 heterocycles. The Morgan fingerprint density at radius 3 is 2.50 bits per heavy atom. The number of allylic oxidation sites excluding steroid dienone is 1. The second-order valence-electron chi connectivity index (χ2n) is 7.83. The molecule has 1 aliphatic carbocycles. The van der Waals surface area contributed by atoms with Gasteiger partial charge < -0.3 is 4.90 Å². The minimum absolute atomic E-state index is 0.206. The highest BCUT2D eigenvalue weighted by atomic mass is 32.2. The zero-order chi connectivity index (χ0) is 17.9. The summed E-state index contributed by atoms with van der Waals surface area (Å²) >= 11 is 0. The van der Waals surface area contributed by atoms with E-state index in [-0.39, 0.29) is 11.8 Å². The lowest BCUT2D eigenvalue weighted by Crippen LogP contribution is -2.37. The van der Waals surface area contributed by atoms with E-state index >= 15 is 0 Å². The van der Waals surface area contributed by atoms with Gasteiger partial charge in [0.15, 0.2) is 0 Å². The molecule has 0 aromatic carbocycles. The monoisotopic (exact) mass is 356 g/mol. The van der Waals surface area contributed by atoms with E-state index in [1.165, 1.54) is 11.8 Å². The summed E-state index contributed by atoms with van der Waals surface area (Å²) in [4.78, 5) is 14.5. The first-order chi connectivity index (χ1) is 11.2. The van der Waals surface area contributed by atoms with Crippen molar-refractivity contribution in [3.63, 3.8) is 0 Å². The Balaban J connectivity index is 2.05. The lowest BCUT2D eigenvalue weighted by atomic mass is 9.70. The largest absolute Gasteiger partial charge is 0.343 e. The average molecular weight is 357 g/mol. The van der Waals surface area contributed by atoms with Crippen LogP contribution in [0.5, 0.6) is 0 Å². The molecule has 138 valence electrons. The summed E-state index contributed by atoms with van der Waals surface area (Å²) < 4.78 is 25.5. The van der Waals surface area contributed by atoms with Crippen LogP contribution in [0.25, 0.3) is 0 Å². The first-order valence-corrected chi connectivity index (χ1v) is 11.0. The predicted molar refractivity (Wildman–Crippen MR) is 97.0 cm³/mol. The number of hydrogen-bond donors (Lipinski definition) is 1. The number of carbonyl (C=O) groups excluding carboxylic acids is 1. The van der Waals surface area contributed by atoms with Crippen molar-refractivity contribution in [2.75, 3.05) is 25.9 Å². The van der Waals surface area contributed by atoms with Crippen molar-refractivity contribution in [2.24, 2.45) is 23.7 Å². The van der Waals surface area contributed by atoms with Crippen LogP contribution in [0, 0.1) is 23.7 Å². The van der Waals surface area contributed by atoms with Crippen LogP contribution in [0.15, 0.2) is 11.6 Å². The van der Waals surface area contributed by atoms with E-state index in [0.29, 0.717) is 30.7 Å². The molecule has 3 atom stereocenters. The molecule has 0 radical (unpaired) electrons. The minimum atomic E-state index is -3.17. The fraction of sp³-hybridized carbons (Fsp3) is 0.833. The van der Waals surface area contributed by atoms with Gasteiger partial charge in [-0.1, -0.05) is 25.5 Å². The number of sulfonamides is 1. The van der Waals surface area contributed by atoms with Gasteiger partial charge in [0.25, 0.3) is 0 Å². The Hall–Kier alpha value is -0.880. The standard InChI is InChI=1S/C18H32N2O3S/c1-13(2)17-10-15(11-18(21)20-7-5-6-8-20)14(3)9-16(17)12-19-24(4,22)23/h9,13,15-17,19H,5-8,10-12H2,1-4H3. The Morgan fingerprint density at radius 2 is 1.96 bits per heavy atom. The molecule has 0 aromatic heterocycles. The quantitative estimate of drug-likeness (QED) is 0.743. The zero-order valence-electron chi connectivity index (χ0n) is 15.4. The van der Waals surface area contributed by atoms with Crippen molar-refractivity contribution in [3.05, 3.63) is 11.6 Å². The van der Waals surface area contributed by atoms with Gasteiger partial charge >= 0.3 is 0 Å². The molecule has 1 fully saturated rings. The van der Waals surface area contributed by atoms with Crippen LogP contribution in [0.1, 0.15) is 46.5 Å². The molecule has 1 saturated heterocycles. The van der Waals surface area contributed by atoms with Gasteiger partial charge in [-0.25, -0.2) is 13.1 Å². The van der Waals surface area contributed by atoms with E-state index in [1.54, 1.807) is 0 Å². The third kappa shape index (κ3) is 5.31. The SMILES string of the molecule is CC1=CC(CNS(C)(=O)=O)C(C(C)C)CC1CC(=O)N1CCCC1. The zero-order valence-corrected chi connectivity index (χ0v) is 16.2. The van der Waals surface area contributed by atoms with Crippen molar-refractivity contribution < 1.29 is 13.2 Å². The molecule has 0 bridgehead atoms. The van der Waals surface area contributed by atoms with Crippen molar-refractivity contribution in [2.45, 2.75) is 46.5 Å². The molecule has 6 heteroatoms. The minimum Gasteiger partial charge on any atom is -0.343 e. The summed E-state index contributed by atoms with van der Waals surface area (Å²) in [6.07, 6.45) is 7.22. The van der Waals surface area contributed by atoms with Crippen LogP contribution in [0.2, 0.25) is 0 Å². The van der Waals surface area contributed by atoms with Crippen LogP contribution < -0.4 is 4.72 Å². The number of nitrogens with zero attached hydrogens (tertiary/aromatic N) is 1. The number of amides is 1. The van der Waals surface area contributed by atoms with Gasteiger partial charge in [-0.2, -0.15) is 0 Å². The molecule has 1 amide bonds. The summed E-state index contributed by atoms with van der Waals surface area (Å²) in [5.74, 6) is 1.64. The van der Waals surface area contributed by atoms with E-state index in [0.717, 1.165) is 32.4 Å². The molecule has 2 aliphatic rings. The highest BCUT2D eigenvalue weighted by molar-refractivity contribution is 7.88. The maximum absolute atomic E-state index is 12.5. The first-order valence-electron chi connectivity index (χ1n) is 9.08. The van der Waals surface area contributed by atoms with Gasteiger partial charge in [-0.15, -0.1) is 0 Å². The van der Waals surface area contributed by atoms with Crippen LogP contribution in [0.4, 0.5) is 0 Å². The maximum Gasteiger partial charge on any atom is 0.223 e. The van der Waals surface area contributed by atoms with Gasteiger partial charge in [0.1, 0.15) is 0 Å². The van der Waals surface area contributed by atoms with Crippen LogP contribution in [-0.4, -0.2) is 45.1 Å². The van der Waals surface area contributed by atoms with E-state index in [2.05, 4.69) is 31.6 Å². The smallest absolute Gasteiger partial charge is 0.223 e. The molecule has 1 aliphatic heterocycles. The maximum atomic E-state index is 12.5. The number of hydrogen-bond acceptors (Lipinski definition) is 3. The van der Waals surface area contributed by atoms with Crippen LogP contribution in [-0.2, 0) is 14.8 Å². The second-order valence-corrected chi connectivity index (χ2v) is 9.66. The van der Waals surface area contributed by atoms with Gasteiger partial charge in [0, 0.05) is 26.1 Å². The summed E-state index contributed by atoms with van der Waals surface area (Å²) in [5.41, 5.74) is 1.24. The topological polar surface area (TPSA) is 66.5 Å². The molecule has 0 spiro atoms. The molecular formula is C18H32N2O3S. The third-order valence-corrected chi connectivity index (χ3v) is 6.24. The highest BCUT2D eigenvalue weighted by Gasteiger charge is 2.33. The molecule has 1 N–H and O–H groups in total. The fourth-order valence-electron chi connectivity index (χ4n) is 4.06. The van der Waals surface area contributed by atoms with Gasteiger partial charge in [0.05, 0.1) is 6.26 Å². The molecule has 0 aromatic rings. The summed E-state index contributed by atoms with van der Waals surface area (Å²) in [5, 5.41) is 0. The fourth-order valence-corrected chi connectivity index (χ4v) is 4.56. The Bertz CT molecular complexity index is 577. The van der Waals surface area contributed by atoms with E-state index in [1.807, 2.05) is 4.90 Å². The number of rotatable bonds is 6. The summed E-state index contributed by atoms with van der Waals surface area (Å²) in [6.45, 7) is 8.72. The Kier molecular flexibility index (Phi) is 6.48. The molecule has 5 nitrogen and oxygen atoms in total. The van der Waals surface area contributed by atoms with Gasteiger partial charge in [-0.05, 0) is 49.9 Å². The van der Waals surface area contributed by atoms with Crippen molar-refractivity contribution in [1.29, 1.82) is 0 Å². The lowest BCUT2D eigenvalue weighted by Gasteiger charge is -2.37. The van der Waals surface area contributed by atoms with Crippen molar-refractivity contribution in [3.8, 4) is 0 Å². The number of likely N-dealkylation sites (tertiary alicyclic amines) is 1. The second kappa shape index (κ2) is 8.00. The molecular weight excluding hydrogens is 324 g/mol. The van der Waals surface area contributed by atoms with Gasteiger partial charge in [-0.3, -0.25) is 4.79 Å². The number of nitrogens with one attached hydrogen (secondary N) is 1. The number of carbonyl (C=O) groups is 1. The van der Waals surface area contributed by atoms with E-state index in [4.69, 9.17) is 0 Å². The summed E-state index contributed by atoms with van der Waals surface area (Å²) in [7, 11) is -3.17. The van der Waals surface area contributed by atoms with Crippen LogP contribution >= 0.6 is 0 Å². The summed E-state index contributed by atoms with van der Waals surface area (Å²) in [6, 6.07) is 0. The first kappa shape index (κ1) is 19.4. The van der Waals surface area contributed by atoms with Gasteiger partial charge in [0.2, 0.25) is 15.9 Å². The van der Waals surface area contributed by atoms with Crippen molar-refractivity contribution >= 4 is 15.9 Å². The van der Waals surface area contributed by atoms with E-state index in [9.17, 15) is 13.2 Å². The third-order valence-electron chi connectivity index (χ3n) is 5.54.